The van der Waals surface area contributed by atoms with Gasteiger partial charge in [-0.3, -0.25) is 14.4 Å². The monoisotopic (exact) mass is 224 g/mol. The maximum atomic E-state index is 12.3. The Morgan fingerprint density at radius 1 is 1.12 bits per heavy atom. The van der Waals surface area contributed by atoms with Crippen LogP contribution >= 0.6 is 0 Å². The van der Waals surface area contributed by atoms with Crippen LogP contribution in [-0.4, -0.2) is 17.3 Å². The molecule has 16 heavy (non-hydrogen) atoms. The minimum atomic E-state index is -1.02. The molecule has 0 heterocycles. The third-order valence-corrected chi connectivity index (χ3v) is 4.42. The molecule has 1 fully saturated rings. The number of ketones is 3. The van der Waals surface area contributed by atoms with Crippen LogP contribution in [0.1, 0.15) is 47.5 Å². The fourth-order valence-corrected chi connectivity index (χ4v) is 3.15. The van der Waals surface area contributed by atoms with Crippen LogP contribution in [0.25, 0.3) is 0 Å². The van der Waals surface area contributed by atoms with Crippen molar-refractivity contribution in [3.8, 4) is 0 Å². The molecule has 1 unspecified atom stereocenters. The first-order valence-electron chi connectivity index (χ1n) is 5.85. The second-order valence-electron chi connectivity index (χ2n) is 5.19. The van der Waals surface area contributed by atoms with Crippen molar-refractivity contribution in [2.75, 3.05) is 0 Å². The smallest absolute Gasteiger partial charge is 0.157 e. The van der Waals surface area contributed by atoms with Crippen LogP contribution in [0.3, 0.4) is 0 Å². The van der Waals surface area contributed by atoms with Gasteiger partial charge in [-0.15, -0.1) is 0 Å². The van der Waals surface area contributed by atoms with Gasteiger partial charge in [-0.2, -0.15) is 0 Å². The molecule has 0 aromatic rings. The second-order valence-corrected chi connectivity index (χ2v) is 5.19. The van der Waals surface area contributed by atoms with Gasteiger partial charge in [0.1, 0.15) is 11.7 Å². The first kappa shape index (κ1) is 13.1. The highest BCUT2D eigenvalue weighted by Crippen LogP contribution is 2.54. The quantitative estimate of drug-likeness (QED) is 0.690. The van der Waals surface area contributed by atoms with Gasteiger partial charge in [-0.25, -0.2) is 0 Å². The molecule has 3 nitrogen and oxygen atoms in total. The summed E-state index contributed by atoms with van der Waals surface area (Å²) < 4.78 is 0. The molecule has 1 saturated carbocycles. The summed E-state index contributed by atoms with van der Waals surface area (Å²) in [6, 6.07) is 0. The maximum absolute atomic E-state index is 12.3. The van der Waals surface area contributed by atoms with Gasteiger partial charge in [-0.1, -0.05) is 27.7 Å². The Kier molecular flexibility index (Phi) is 3.10. The maximum Gasteiger partial charge on any atom is 0.157 e. The van der Waals surface area contributed by atoms with Crippen molar-refractivity contribution in [3.05, 3.63) is 0 Å². The molecule has 1 rings (SSSR count). The Labute approximate surface area is 96.6 Å². The average molecular weight is 224 g/mol. The summed E-state index contributed by atoms with van der Waals surface area (Å²) in [7, 11) is 0. The molecule has 0 saturated heterocycles. The van der Waals surface area contributed by atoms with Gasteiger partial charge in [0.25, 0.3) is 0 Å². The zero-order chi connectivity index (χ0) is 12.7. The molecule has 1 aliphatic carbocycles. The molecule has 0 aromatic carbocycles. The lowest BCUT2D eigenvalue weighted by Gasteiger charge is -2.36. The van der Waals surface area contributed by atoms with Gasteiger partial charge in [0, 0.05) is 10.8 Å². The molecule has 0 radical (unpaired) electrons. The topological polar surface area (TPSA) is 51.2 Å². The summed E-state index contributed by atoms with van der Waals surface area (Å²) in [5.41, 5.74) is -1.37. The molecular formula is C13H20O3. The molecule has 0 amide bonds. The van der Waals surface area contributed by atoms with Gasteiger partial charge in [0.2, 0.25) is 0 Å². The van der Waals surface area contributed by atoms with Gasteiger partial charge in [0.15, 0.2) is 11.6 Å². The Bertz CT molecular complexity index is 348. The van der Waals surface area contributed by atoms with E-state index in [4.69, 9.17) is 0 Å². The molecule has 1 atom stereocenters. The fraction of sp³-hybridized carbons (Fsp3) is 0.769. The normalized spacial score (nSPS) is 27.2. The number of carbonyl (C=O) groups excluding carboxylic acids is 3. The Hall–Kier alpha value is -0.990. The van der Waals surface area contributed by atoms with Crippen LogP contribution in [0.2, 0.25) is 0 Å². The predicted molar refractivity (Wildman–Crippen MR) is 61.0 cm³/mol. The molecule has 0 N–H and O–H groups in total. The van der Waals surface area contributed by atoms with Gasteiger partial charge in [-0.05, 0) is 19.8 Å². The number of hydrogen-bond donors (Lipinski definition) is 0. The number of carbonyl (C=O) groups is 3. The predicted octanol–water partition coefficient (Wildman–Crippen LogP) is 2.18. The SMILES string of the molecule is CCC1(CC)C(=O)C(C(C)=O)C(=O)C1(C)C. The van der Waals surface area contributed by atoms with Crippen molar-refractivity contribution < 1.29 is 14.4 Å². The first-order valence-corrected chi connectivity index (χ1v) is 5.85. The van der Waals surface area contributed by atoms with Gasteiger partial charge >= 0.3 is 0 Å². The summed E-state index contributed by atoms with van der Waals surface area (Å²) in [5.74, 6) is -1.70. The molecule has 0 spiro atoms. The molecule has 1 aliphatic rings. The van der Waals surface area contributed by atoms with E-state index in [1.165, 1.54) is 6.92 Å². The van der Waals surface area contributed by atoms with E-state index in [0.29, 0.717) is 12.8 Å². The van der Waals surface area contributed by atoms with Crippen LogP contribution in [0.15, 0.2) is 0 Å². The highest BCUT2D eigenvalue weighted by Gasteiger charge is 2.63. The Balaban J connectivity index is 3.38. The van der Waals surface area contributed by atoms with E-state index < -0.39 is 16.7 Å². The zero-order valence-electron chi connectivity index (χ0n) is 10.7. The Morgan fingerprint density at radius 3 is 1.75 bits per heavy atom. The lowest BCUT2D eigenvalue weighted by molar-refractivity contribution is -0.137. The standard InChI is InChI=1S/C13H20O3/c1-6-13(7-2)11(16)9(8(3)14)10(15)12(13,4)5/h9H,6-7H2,1-5H3. The van der Waals surface area contributed by atoms with Crippen molar-refractivity contribution in [1.29, 1.82) is 0 Å². The summed E-state index contributed by atoms with van der Waals surface area (Å²) in [6.45, 7) is 8.75. The molecule has 0 aliphatic heterocycles. The van der Waals surface area contributed by atoms with Crippen molar-refractivity contribution in [1.82, 2.24) is 0 Å². The van der Waals surface area contributed by atoms with Crippen molar-refractivity contribution in [2.24, 2.45) is 16.7 Å². The minimum Gasteiger partial charge on any atom is -0.299 e. The number of Topliss-reactive ketones (excluding diaryl/α,β-unsaturated/α-hetero) is 3. The van der Waals surface area contributed by atoms with E-state index in [0.717, 1.165) is 0 Å². The number of rotatable bonds is 3. The summed E-state index contributed by atoms with van der Waals surface area (Å²) in [5, 5.41) is 0. The third-order valence-electron chi connectivity index (χ3n) is 4.42. The molecule has 0 bridgehead atoms. The van der Waals surface area contributed by atoms with Gasteiger partial charge in [0.05, 0.1) is 0 Å². The molecule has 3 heteroatoms. The van der Waals surface area contributed by atoms with Crippen LogP contribution in [0.5, 0.6) is 0 Å². The average Bonchev–Trinajstić information content (AvgIpc) is 2.33. The van der Waals surface area contributed by atoms with Crippen LogP contribution in [-0.2, 0) is 14.4 Å². The van der Waals surface area contributed by atoms with E-state index in [1.807, 2.05) is 13.8 Å². The highest BCUT2D eigenvalue weighted by molar-refractivity contribution is 6.27. The van der Waals surface area contributed by atoms with Crippen molar-refractivity contribution in [2.45, 2.75) is 47.5 Å². The van der Waals surface area contributed by atoms with Gasteiger partial charge < -0.3 is 0 Å². The largest absolute Gasteiger partial charge is 0.299 e. The summed E-state index contributed by atoms with van der Waals surface area (Å²) in [6.07, 6.45) is 1.23. The molecular weight excluding hydrogens is 204 g/mol. The lowest BCUT2D eigenvalue weighted by atomic mass is 9.64. The van der Waals surface area contributed by atoms with E-state index in [1.54, 1.807) is 13.8 Å². The van der Waals surface area contributed by atoms with Crippen LogP contribution in [0, 0.1) is 16.7 Å². The van der Waals surface area contributed by atoms with Crippen LogP contribution < -0.4 is 0 Å². The second kappa shape index (κ2) is 3.79. The summed E-state index contributed by atoms with van der Waals surface area (Å²) in [4.78, 5) is 35.9. The van der Waals surface area contributed by atoms with Crippen molar-refractivity contribution in [3.63, 3.8) is 0 Å². The Morgan fingerprint density at radius 2 is 1.56 bits per heavy atom. The van der Waals surface area contributed by atoms with E-state index >= 15 is 0 Å². The highest BCUT2D eigenvalue weighted by atomic mass is 16.2. The van der Waals surface area contributed by atoms with Crippen molar-refractivity contribution >= 4 is 17.3 Å². The van der Waals surface area contributed by atoms with E-state index in [2.05, 4.69) is 0 Å². The van der Waals surface area contributed by atoms with Crippen LogP contribution in [0.4, 0.5) is 0 Å². The fourth-order valence-electron chi connectivity index (χ4n) is 3.15. The summed E-state index contributed by atoms with van der Waals surface area (Å²) >= 11 is 0. The molecule has 90 valence electrons. The number of hydrogen-bond acceptors (Lipinski definition) is 3. The lowest BCUT2D eigenvalue weighted by Crippen LogP contribution is -2.39. The van der Waals surface area contributed by atoms with E-state index in [-0.39, 0.29) is 17.3 Å². The van der Waals surface area contributed by atoms with E-state index in [9.17, 15) is 14.4 Å². The minimum absolute atomic E-state index is 0.167. The first-order chi connectivity index (χ1) is 7.26. The zero-order valence-corrected chi connectivity index (χ0v) is 10.7. The third kappa shape index (κ3) is 1.30. The molecule has 0 aromatic heterocycles.